The maximum atomic E-state index is 11.9. The number of hydrogen-bond donors (Lipinski definition) is 2. The third-order valence-electron chi connectivity index (χ3n) is 4.34. The van der Waals surface area contributed by atoms with Gasteiger partial charge in [0, 0.05) is 0 Å². The minimum atomic E-state index is -0.514. The van der Waals surface area contributed by atoms with E-state index in [0.717, 1.165) is 11.1 Å². The zero-order valence-corrected chi connectivity index (χ0v) is 14.6. The van der Waals surface area contributed by atoms with Crippen LogP contribution in [0.4, 0.5) is 9.59 Å². The molecule has 1 fully saturated rings. The molecule has 0 bridgehead atoms. The Hall–Kier alpha value is -3.02. The van der Waals surface area contributed by atoms with Crippen molar-refractivity contribution in [3.05, 3.63) is 71.8 Å². The van der Waals surface area contributed by atoms with Crippen molar-refractivity contribution in [2.45, 2.75) is 38.1 Å². The normalized spacial score (nSPS) is 20.7. The van der Waals surface area contributed by atoms with Crippen LogP contribution in [0.5, 0.6) is 0 Å². The second-order valence-electron chi connectivity index (χ2n) is 6.57. The number of nitrogens with one attached hydrogen (secondary N) is 2. The molecule has 0 aromatic heterocycles. The average molecular weight is 354 g/mol. The molecule has 3 rings (SSSR count). The monoisotopic (exact) mass is 354 g/mol. The van der Waals surface area contributed by atoms with Crippen LogP contribution in [0.2, 0.25) is 0 Å². The molecule has 0 unspecified atom stereocenters. The summed E-state index contributed by atoms with van der Waals surface area (Å²) in [6.07, 6.45) is -0.367. The maximum absolute atomic E-state index is 11.9. The summed E-state index contributed by atoms with van der Waals surface area (Å²) in [5, 5.41) is 5.56. The lowest BCUT2D eigenvalue weighted by molar-refractivity contribution is 0.130. The molecule has 0 radical (unpaired) electrons. The molecule has 2 N–H and O–H groups in total. The zero-order chi connectivity index (χ0) is 18.4. The Morgan fingerprint density at radius 1 is 0.923 bits per heavy atom. The Balaban J connectivity index is 1.37. The lowest BCUT2D eigenvalue weighted by atomic mass is 10.2. The van der Waals surface area contributed by atoms with Crippen molar-refractivity contribution in [2.75, 3.05) is 0 Å². The molecule has 1 aliphatic carbocycles. The van der Waals surface area contributed by atoms with E-state index in [1.165, 1.54) is 0 Å². The molecule has 6 nitrogen and oxygen atoms in total. The number of carbonyl (C=O) groups is 2. The molecule has 0 spiro atoms. The smallest absolute Gasteiger partial charge is 0.407 e. The summed E-state index contributed by atoms with van der Waals surface area (Å²) in [6, 6.07) is 18.7. The first kappa shape index (κ1) is 17.8. The van der Waals surface area contributed by atoms with Crippen LogP contribution in [-0.4, -0.2) is 23.8 Å². The second-order valence-corrected chi connectivity index (χ2v) is 6.57. The Morgan fingerprint density at radius 3 is 1.96 bits per heavy atom. The molecule has 6 heteroatoms. The molecule has 1 aliphatic rings. The Labute approximate surface area is 152 Å². The summed E-state index contributed by atoms with van der Waals surface area (Å²) in [5.41, 5.74) is 1.33. The van der Waals surface area contributed by atoms with Crippen LogP contribution in [0.25, 0.3) is 0 Å². The fourth-order valence-electron chi connectivity index (χ4n) is 2.61. The van der Waals surface area contributed by atoms with E-state index in [-0.39, 0.29) is 19.3 Å². The van der Waals surface area contributed by atoms with Crippen molar-refractivity contribution in [3.63, 3.8) is 0 Å². The van der Waals surface area contributed by atoms with Gasteiger partial charge in [-0.3, -0.25) is 0 Å². The Bertz CT molecular complexity index is 751. The number of carbonyl (C=O) groups excluding carboxylic acids is 2. The number of hydrogen-bond acceptors (Lipinski definition) is 4. The SMILES string of the molecule is C[C@]1(NC(=O)OCc2ccccc2)C[C@@H]1NC(=O)OCc1ccccc1. The van der Waals surface area contributed by atoms with E-state index in [2.05, 4.69) is 10.6 Å². The van der Waals surface area contributed by atoms with Gasteiger partial charge in [0.15, 0.2) is 0 Å². The summed E-state index contributed by atoms with van der Waals surface area (Å²) in [7, 11) is 0. The van der Waals surface area contributed by atoms with Gasteiger partial charge in [-0.2, -0.15) is 0 Å². The van der Waals surface area contributed by atoms with Gasteiger partial charge in [-0.1, -0.05) is 60.7 Å². The molecule has 2 amide bonds. The minimum absolute atomic E-state index is 0.171. The summed E-state index contributed by atoms with van der Waals surface area (Å²) < 4.78 is 10.4. The number of rotatable bonds is 6. The first-order valence-electron chi connectivity index (χ1n) is 8.51. The van der Waals surface area contributed by atoms with Crippen LogP contribution in [0.15, 0.2) is 60.7 Å². The zero-order valence-electron chi connectivity index (χ0n) is 14.6. The van der Waals surface area contributed by atoms with E-state index < -0.39 is 17.7 Å². The number of amides is 2. The second kappa shape index (κ2) is 7.91. The number of benzene rings is 2. The van der Waals surface area contributed by atoms with Crippen LogP contribution >= 0.6 is 0 Å². The van der Waals surface area contributed by atoms with Gasteiger partial charge in [0.1, 0.15) is 13.2 Å². The summed E-state index contributed by atoms with van der Waals surface area (Å²) in [6.45, 7) is 2.28. The van der Waals surface area contributed by atoms with Gasteiger partial charge in [-0.05, 0) is 24.5 Å². The van der Waals surface area contributed by atoms with Crippen molar-refractivity contribution in [1.29, 1.82) is 0 Å². The van der Waals surface area contributed by atoms with Gasteiger partial charge in [0.25, 0.3) is 0 Å². The largest absolute Gasteiger partial charge is 0.445 e. The third kappa shape index (κ3) is 4.99. The molecule has 0 aliphatic heterocycles. The number of ether oxygens (including phenoxy) is 2. The van der Waals surface area contributed by atoms with Gasteiger partial charge in [-0.15, -0.1) is 0 Å². The summed E-state index contributed by atoms with van der Waals surface area (Å²) in [5.74, 6) is 0. The van der Waals surface area contributed by atoms with Gasteiger partial charge in [-0.25, -0.2) is 9.59 Å². The van der Waals surface area contributed by atoms with Crippen molar-refractivity contribution >= 4 is 12.2 Å². The fourth-order valence-corrected chi connectivity index (χ4v) is 2.61. The molecular formula is C20H22N2O4. The quantitative estimate of drug-likeness (QED) is 0.834. The molecule has 0 saturated heterocycles. The predicted molar refractivity (Wildman–Crippen MR) is 96.3 cm³/mol. The third-order valence-corrected chi connectivity index (χ3v) is 4.34. The fraction of sp³-hybridized carbons (Fsp3) is 0.300. The summed E-state index contributed by atoms with van der Waals surface area (Å²) >= 11 is 0. The molecular weight excluding hydrogens is 332 g/mol. The highest BCUT2D eigenvalue weighted by Crippen LogP contribution is 2.35. The first-order valence-corrected chi connectivity index (χ1v) is 8.51. The highest BCUT2D eigenvalue weighted by Gasteiger charge is 2.53. The number of alkyl carbamates (subject to hydrolysis) is 2. The van der Waals surface area contributed by atoms with Crippen molar-refractivity contribution < 1.29 is 19.1 Å². The highest BCUT2D eigenvalue weighted by molar-refractivity contribution is 5.71. The van der Waals surface area contributed by atoms with E-state index in [1.807, 2.05) is 67.6 Å². The van der Waals surface area contributed by atoms with Gasteiger partial charge < -0.3 is 20.1 Å². The molecule has 136 valence electrons. The van der Waals surface area contributed by atoms with Crippen LogP contribution in [0.1, 0.15) is 24.5 Å². The lowest BCUT2D eigenvalue weighted by Crippen LogP contribution is -2.42. The minimum Gasteiger partial charge on any atom is -0.445 e. The van der Waals surface area contributed by atoms with E-state index >= 15 is 0 Å². The van der Waals surface area contributed by atoms with Crippen LogP contribution < -0.4 is 10.6 Å². The van der Waals surface area contributed by atoms with Crippen LogP contribution in [0, 0.1) is 0 Å². The standard InChI is InChI=1S/C20H22N2O4/c1-20(22-19(24)26-14-16-10-6-3-7-11-16)12-17(20)21-18(23)25-13-15-8-4-2-5-9-15/h2-11,17H,12-14H2,1H3,(H,21,23)(H,22,24)/t17-,20-/m0/s1. The van der Waals surface area contributed by atoms with E-state index in [9.17, 15) is 9.59 Å². The molecule has 2 atom stereocenters. The molecule has 2 aromatic rings. The highest BCUT2D eigenvalue weighted by atomic mass is 16.6. The van der Waals surface area contributed by atoms with Crippen LogP contribution in [0.3, 0.4) is 0 Å². The van der Waals surface area contributed by atoms with Crippen molar-refractivity contribution in [2.24, 2.45) is 0 Å². The van der Waals surface area contributed by atoms with Gasteiger partial charge in [0.05, 0.1) is 11.6 Å². The van der Waals surface area contributed by atoms with Gasteiger partial charge >= 0.3 is 12.2 Å². The van der Waals surface area contributed by atoms with Crippen LogP contribution in [-0.2, 0) is 22.7 Å². The molecule has 26 heavy (non-hydrogen) atoms. The van der Waals surface area contributed by atoms with Gasteiger partial charge in [0.2, 0.25) is 0 Å². The molecule has 2 aromatic carbocycles. The van der Waals surface area contributed by atoms with E-state index in [4.69, 9.17) is 9.47 Å². The Morgan fingerprint density at radius 2 is 1.42 bits per heavy atom. The molecule has 0 heterocycles. The summed E-state index contributed by atoms with van der Waals surface area (Å²) in [4.78, 5) is 23.8. The maximum Gasteiger partial charge on any atom is 0.407 e. The predicted octanol–water partition coefficient (Wildman–Crippen LogP) is 3.37. The molecule has 1 saturated carbocycles. The van der Waals surface area contributed by atoms with Crippen molar-refractivity contribution in [3.8, 4) is 0 Å². The lowest BCUT2D eigenvalue weighted by Gasteiger charge is -2.15. The van der Waals surface area contributed by atoms with E-state index in [0.29, 0.717) is 6.42 Å². The Kier molecular flexibility index (Phi) is 5.41. The first-order chi connectivity index (χ1) is 12.5. The van der Waals surface area contributed by atoms with E-state index in [1.54, 1.807) is 0 Å². The average Bonchev–Trinajstić information content (AvgIpc) is 3.28. The topological polar surface area (TPSA) is 76.7 Å². The van der Waals surface area contributed by atoms with Crippen molar-refractivity contribution in [1.82, 2.24) is 10.6 Å².